The zero-order valence-electron chi connectivity index (χ0n) is 12.0. The molecule has 0 saturated heterocycles. The molecule has 120 valence electrons. The predicted molar refractivity (Wildman–Crippen MR) is 97.4 cm³/mol. The Kier molecular flexibility index (Phi) is 6.95. The van der Waals surface area contributed by atoms with Gasteiger partial charge in [0.05, 0.1) is 11.3 Å². The van der Waals surface area contributed by atoms with Gasteiger partial charge in [0.15, 0.2) is 0 Å². The summed E-state index contributed by atoms with van der Waals surface area (Å²) in [5.41, 5.74) is 6.22. The smallest absolute Gasteiger partial charge is 0.270 e. The summed E-state index contributed by atoms with van der Waals surface area (Å²) in [6.07, 6.45) is 0. The maximum Gasteiger partial charge on any atom is 0.270 e. The first-order valence-electron chi connectivity index (χ1n) is 6.73. The van der Waals surface area contributed by atoms with Crippen LogP contribution in [0.1, 0.15) is 15.9 Å². The van der Waals surface area contributed by atoms with Gasteiger partial charge < -0.3 is 0 Å². The van der Waals surface area contributed by atoms with Crippen molar-refractivity contribution in [1.29, 1.82) is 0 Å². The van der Waals surface area contributed by atoms with Crippen molar-refractivity contribution < 1.29 is 9.59 Å². The van der Waals surface area contributed by atoms with Crippen LogP contribution < -0.4 is 10.9 Å². The van der Waals surface area contributed by atoms with E-state index in [0.29, 0.717) is 20.8 Å². The number of nitrogens with one attached hydrogen (secondary N) is 2. The van der Waals surface area contributed by atoms with Crippen LogP contribution in [0.25, 0.3) is 0 Å². The number of amides is 2. The lowest BCUT2D eigenvalue weighted by molar-refractivity contribution is -0.119. The molecule has 0 aliphatic heterocycles. The minimum Gasteiger partial charge on any atom is -0.272 e. The van der Waals surface area contributed by atoms with Crippen LogP contribution in [0.5, 0.6) is 0 Å². The number of carbonyl (C=O) groups is 2. The standard InChI is InChI=1S/C16H14BrClN2O2S/c17-13-7-3-2-6-12(13)16(22)20-19-15(21)10-23-9-11-5-1-4-8-14(11)18/h1-8H,9-10H2,(H,19,21)(H,20,22). The summed E-state index contributed by atoms with van der Waals surface area (Å²) in [6.45, 7) is 0. The molecule has 0 heterocycles. The Morgan fingerprint density at radius 2 is 1.74 bits per heavy atom. The summed E-state index contributed by atoms with van der Waals surface area (Å²) in [6, 6.07) is 14.5. The van der Waals surface area contributed by atoms with Crippen LogP contribution in [0.2, 0.25) is 5.02 Å². The molecule has 0 atom stereocenters. The Morgan fingerprint density at radius 3 is 2.48 bits per heavy atom. The molecule has 0 aliphatic rings. The summed E-state index contributed by atoms with van der Waals surface area (Å²) in [7, 11) is 0. The molecule has 0 aliphatic carbocycles. The van der Waals surface area contributed by atoms with Gasteiger partial charge in [-0.3, -0.25) is 20.4 Å². The van der Waals surface area contributed by atoms with Gasteiger partial charge in [0.1, 0.15) is 0 Å². The predicted octanol–water partition coefficient (Wildman–Crippen LogP) is 3.80. The second kappa shape index (κ2) is 8.96. The molecule has 2 rings (SSSR count). The first kappa shape index (κ1) is 17.8. The molecule has 0 saturated carbocycles. The SMILES string of the molecule is O=C(CSCc1ccccc1Cl)NNC(=O)c1ccccc1Br. The summed E-state index contributed by atoms with van der Waals surface area (Å²) >= 11 is 10.8. The van der Waals surface area contributed by atoms with Crippen LogP contribution in [-0.4, -0.2) is 17.6 Å². The van der Waals surface area contributed by atoms with E-state index in [9.17, 15) is 9.59 Å². The van der Waals surface area contributed by atoms with E-state index >= 15 is 0 Å². The highest BCUT2D eigenvalue weighted by Gasteiger charge is 2.10. The molecular formula is C16H14BrClN2O2S. The molecule has 0 unspecified atom stereocenters. The quantitative estimate of drug-likeness (QED) is 0.733. The summed E-state index contributed by atoms with van der Waals surface area (Å²) in [5.74, 6) is 0.205. The number of hydrazine groups is 1. The first-order valence-corrected chi connectivity index (χ1v) is 9.05. The Morgan fingerprint density at radius 1 is 1.04 bits per heavy atom. The molecule has 4 nitrogen and oxygen atoms in total. The van der Waals surface area contributed by atoms with Gasteiger partial charge in [-0.15, -0.1) is 11.8 Å². The lowest BCUT2D eigenvalue weighted by atomic mass is 10.2. The lowest BCUT2D eigenvalue weighted by Crippen LogP contribution is -2.42. The topological polar surface area (TPSA) is 58.2 Å². The third-order valence-corrected chi connectivity index (χ3v) is 4.92. The molecule has 2 N–H and O–H groups in total. The summed E-state index contributed by atoms with van der Waals surface area (Å²) in [4.78, 5) is 23.7. The average molecular weight is 414 g/mol. The van der Waals surface area contributed by atoms with Crippen molar-refractivity contribution in [2.24, 2.45) is 0 Å². The van der Waals surface area contributed by atoms with E-state index in [4.69, 9.17) is 11.6 Å². The Bertz CT molecular complexity index is 712. The fourth-order valence-corrected chi connectivity index (χ4v) is 3.32. The number of carbonyl (C=O) groups excluding carboxylic acids is 2. The first-order chi connectivity index (χ1) is 11.1. The fraction of sp³-hybridized carbons (Fsp3) is 0.125. The molecular weight excluding hydrogens is 400 g/mol. The normalized spacial score (nSPS) is 10.2. The zero-order valence-corrected chi connectivity index (χ0v) is 15.2. The van der Waals surface area contributed by atoms with E-state index < -0.39 is 0 Å². The molecule has 0 radical (unpaired) electrons. The molecule has 0 fully saturated rings. The highest BCUT2D eigenvalue weighted by Crippen LogP contribution is 2.20. The van der Waals surface area contributed by atoms with Crippen LogP contribution in [0.3, 0.4) is 0 Å². The van der Waals surface area contributed by atoms with Crippen molar-refractivity contribution in [3.63, 3.8) is 0 Å². The van der Waals surface area contributed by atoms with E-state index in [-0.39, 0.29) is 17.6 Å². The Balaban J connectivity index is 1.74. The summed E-state index contributed by atoms with van der Waals surface area (Å²) < 4.78 is 0.667. The van der Waals surface area contributed by atoms with E-state index in [1.165, 1.54) is 11.8 Å². The molecule has 23 heavy (non-hydrogen) atoms. The van der Waals surface area contributed by atoms with Gasteiger partial charge >= 0.3 is 0 Å². The van der Waals surface area contributed by atoms with Crippen molar-refractivity contribution in [2.75, 3.05) is 5.75 Å². The average Bonchev–Trinajstić information content (AvgIpc) is 2.55. The minimum atomic E-state index is -0.373. The van der Waals surface area contributed by atoms with Crippen molar-refractivity contribution in [3.05, 3.63) is 69.2 Å². The van der Waals surface area contributed by atoms with Gasteiger partial charge in [-0.05, 0) is 39.7 Å². The summed E-state index contributed by atoms with van der Waals surface area (Å²) in [5, 5.41) is 0.683. The number of hydrogen-bond acceptors (Lipinski definition) is 3. The van der Waals surface area contributed by atoms with Crippen molar-refractivity contribution in [2.45, 2.75) is 5.75 Å². The van der Waals surface area contributed by atoms with Crippen LogP contribution in [-0.2, 0) is 10.5 Å². The third kappa shape index (κ3) is 5.57. The fourth-order valence-electron chi connectivity index (χ4n) is 1.74. The van der Waals surface area contributed by atoms with Gasteiger partial charge in [0.2, 0.25) is 5.91 Å². The molecule has 0 aromatic heterocycles. The second-order valence-corrected chi connectivity index (χ2v) is 6.81. The van der Waals surface area contributed by atoms with Gasteiger partial charge in [-0.1, -0.05) is 41.9 Å². The van der Waals surface area contributed by atoms with Crippen molar-refractivity contribution in [3.8, 4) is 0 Å². The maximum absolute atomic E-state index is 11.9. The van der Waals surface area contributed by atoms with Crippen LogP contribution >= 0.6 is 39.3 Å². The van der Waals surface area contributed by atoms with E-state index in [1.54, 1.807) is 18.2 Å². The van der Waals surface area contributed by atoms with Crippen LogP contribution in [0.15, 0.2) is 53.0 Å². The number of thioether (sulfide) groups is 1. The maximum atomic E-state index is 11.9. The number of rotatable bonds is 5. The van der Waals surface area contributed by atoms with Crippen LogP contribution in [0.4, 0.5) is 0 Å². The number of hydrogen-bond donors (Lipinski definition) is 2. The van der Waals surface area contributed by atoms with Crippen molar-refractivity contribution in [1.82, 2.24) is 10.9 Å². The van der Waals surface area contributed by atoms with Gasteiger partial charge in [0.25, 0.3) is 5.91 Å². The highest BCUT2D eigenvalue weighted by atomic mass is 79.9. The minimum absolute atomic E-state index is 0.224. The molecule has 0 spiro atoms. The Hall–Kier alpha value is -1.50. The van der Waals surface area contributed by atoms with Crippen LogP contribution in [0, 0.1) is 0 Å². The molecule has 2 amide bonds. The third-order valence-electron chi connectivity index (χ3n) is 2.88. The molecule has 2 aromatic rings. The monoisotopic (exact) mass is 412 g/mol. The second-order valence-electron chi connectivity index (χ2n) is 4.57. The van der Waals surface area contributed by atoms with Gasteiger partial charge in [-0.2, -0.15) is 0 Å². The van der Waals surface area contributed by atoms with Gasteiger partial charge in [0, 0.05) is 15.2 Å². The van der Waals surface area contributed by atoms with E-state index in [1.807, 2.05) is 30.3 Å². The van der Waals surface area contributed by atoms with E-state index in [2.05, 4.69) is 26.8 Å². The van der Waals surface area contributed by atoms with Crippen molar-refractivity contribution >= 4 is 51.1 Å². The lowest BCUT2D eigenvalue weighted by Gasteiger charge is -2.08. The van der Waals surface area contributed by atoms with E-state index in [0.717, 1.165) is 5.56 Å². The largest absolute Gasteiger partial charge is 0.272 e. The zero-order chi connectivity index (χ0) is 16.7. The molecule has 2 aromatic carbocycles. The number of halogens is 2. The molecule has 7 heteroatoms. The highest BCUT2D eigenvalue weighted by molar-refractivity contribution is 9.10. The van der Waals surface area contributed by atoms with Gasteiger partial charge in [-0.25, -0.2) is 0 Å². The number of benzene rings is 2. The Labute approximate surface area is 152 Å². The molecule has 0 bridgehead atoms.